The monoisotopic (exact) mass is 1500 g/mol. The molecule has 3 rings (SSSR count). The van der Waals surface area contributed by atoms with E-state index in [-0.39, 0.29) is 18.9 Å². The number of allylic oxidation sites excluding steroid dienone is 20. The van der Waals surface area contributed by atoms with E-state index in [9.17, 15) is 61.0 Å². The van der Waals surface area contributed by atoms with Gasteiger partial charge in [-0.3, -0.25) is 4.79 Å². The van der Waals surface area contributed by atoms with Crippen LogP contribution in [-0.2, 0) is 33.2 Å². The first-order valence-electron chi connectivity index (χ1n) is 41.8. The van der Waals surface area contributed by atoms with Gasteiger partial charge >= 0.3 is 0 Å². The van der Waals surface area contributed by atoms with E-state index in [0.717, 1.165) is 122 Å². The van der Waals surface area contributed by atoms with Crippen LogP contribution in [0.15, 0.2) is 122 Å². The van der Waals surface area contributed by atoms with Crippen LogP contribution in [0.25, 0.3) is 0 Å². The Balaban J connectivity index is 1.33. The van der Waals surface area contributed by atoms with Crippen LogP contribution >= 0.6 is 0 Å². The number of unbranched alkanes of at least 4 members (excludes halogenated alkanes) is 29. The Labute approximate surface area is 639 Å². The first-order valence-corrected chi connectivity index (χ1v) is 41.8. The maximum atomic E-state index is 13.5. The van der Waals surface area contributed by atoms with Crippen molar-refractivity contribution >= 4 is 5.91 Å². The van der Waals surface area contributed by atoms with Crippen molar-refractivity contribution in [1.29, 1.82) is 0 Å². The van der Waals surface area contributed by atoms with E-state index in [0.29, 0.717) is 12.8 Å². The maximum absolute atomic E-state index is 13.5. The van der Waals surface area contributed by atoms with Gasteiger partial charge in [0.1, 0.15) is 73.2 Å². The van der Waals surface area contributed by atoms with Gasteiger partial charge in [-0.2, -0.15) is 0 Å². The number of aliphatic hydroxyl groups is 11. The molecule has 0 aliphatic carbocycles. The summed E-state index contributed by atoms with van der Waals surface area (Å²) in [5, 5.41) is 121. The Morgan fingerprint density at radius 2 is 0.651 bits per heavy atom. The number of hydrogen-bond acceptors (Lipinski definition) is 18. The molecular formula is C87H149NO18. The van der Waals surface area contributed by atoms with Crippen molar-refractivity contribution in [3.63, 3.8) is 0 Å². The molecule has 3 fully saturated rings. The smallest absolute Gasteiger partial charge is 0.220 e. The number of amides is 1. The van der Waals surface area contributed by atoms with Crippen LogP contribution in [0.2, 0.25) is 0 Å². The van der Waals surface area contributed by atoms with Gasteiger partial charge in [-0.15, -0.1) is 0 Å². The number of aliphatic hydroxyl groups excluding tert-OH is 11. The van der Waals surface area contributed by atoms with Crippen molar-refractivity contribution in [2.45, 2.75) is 394 Å². The van der Waals surface area contributed by atoms with Crippen molar-refractivity contribution in [2.24, 2.45) is 0 Å². The number of rotatable bonds is 65. The van der Waals surface area contributed by atoms with Crippen LogP contribution in [0.3, 0.4) is 0 Å². The molecule has 12 N–H and O–H groups in total. The zero-order valence-corrected chi connectivity index (χ0v) is 65.4. The second-order valence-electron chi connectivity index (χ2n) is 29.2. The van der Waals surface area contributed by atoms with E-state index >= 15 is 0 Å². The fraction of sp³-hybridized carbons (Fsp3) is 0.759. The van der Waals surface area contributed by atoms with Gasteiger partial charge in [0, 0.05) is 6.42 Å². The molecule has 1 amide bonds. The Hall–Kier alpha value is -3.81. The Morgan fingerprint density at radius 3 is 1.02 bits per heavy atom. The Kier molecular flexibility index (Phi) is 59.9. The molecule has 19 nitrogen and oxygen atoms in total. The van der Waals surface area contributed by atoms with Gasteiger partial charge in [0.15, 0.2) is 18.9 Å². The molecule has 106 heavy (non-hydrogen) atoms. The summed E-state index contributed by atoms with van der Waals surface area (Å²) in [7, 11) is 0. The zero-order chi connectivity index (χ0) is 76.7. The Bertz CT molecular complexity index is 2390. The topological polar surface area (TPSA) is 307 Å². The van der Waals surface area contributed by atoms with Gasteiger partial charge in [-0.05, 0) is 89.9 Å². The van der Waals surface area contributed by atoms with Crippen LogP contribution in [0.4, 0.5) is 0 Å². The van der Waals surface area contributed by atoms with Crippen LogP contribution in [0.1, 0.15) is 290 Å². The molecule has 0 aromatic carbocycles. The van der Waals surface area contributed by atoms with Crippen molar-refractivity contribution < 1.29 is 89.4 Å². The molecule has 17 atom stereocenters. The van der Waals surface area contributed by atoms with E-state index in [2.05, 4.69) is 141 Å². The average Bonchev–Trinajstić information content (AvgIpc) is 0.780. The third-order valence-electron chi connectivity index (χ3n) is 20.1. The molecule has 0 aromatic heterocycles. The summed E-state index contributed by atoms with van der Waals surface area (Å²) in [6.45, 7) is 1.70. The standard InChI is InChI=1S/C87H149NO18/c1-3-5-7-9-11-13-15-17-19-21-23-25-26-27-28-29-30-31-32-33-34-35-36-37-38-39-40-41-42-43-44-45-47-49-51-53-55-57-59-61-63-65-75(93)88-70(71(92)64-62-60-58-56-54-52-50-48-46-24-22-20-18-16-14-12-10-8-6-4-2)69-101-85-81(99)78(96)83(73(67-90)103-85)106-87-82(100)79(97)84(74(68-91)104-87)105-86-80(98)77(95)76(94)72(66-89)102-86/h5,7,11,13,17,19,23,25,27-28,30-31,33-34,36-37,39-40,42-43,70-74,76-87,89-92,94-100H,3-4,6,8-10,12,14-16,18,20-22,24,26,29,32,35,38,41,44-69H2,1-2H3,(H,88,93)/b7-5-,13-11-,19-17-,25-23-,28-27-,31-30-,34-33-,37-36-,40-39-,43-42-. The van der Waals surface area contributed by atoms with Gasteiger partial charge in [0.25, 0.3) is 0 Å². The molecule has 17 unspecified atom stereocenters. The Morgan fingerprint density at radius 1 is 0.349 bits per heavy atom. The molecule has 0 bridgehead atoms. The second kappa shape index (κ2) is 65.9. The van der Waals surface area contributed by atoms with E-state index in [1.807, 2.05) is 0 Å². The highest BCUT2D eigenvalue weighted by molar-refractivity contribution is 5.76. The maximum Gasteiger partial charge on any atom is 0.220 e. The summed E-state index contributed by atoms with van der Waals surface area (Å²) in [5.74, 6) is -0.249. The van der Waals surface area contributed by atoms with E-state index in [1.165, 1.54) is 135 Å². The normalized spacial score (nSPS) is 26.3. The largest absolute Gasteiger partial charge is 0.394 e. The fourth-order valence-electron chi connectivity index (χ4n) is 13.4. The van der Waals surface area contributed by atoms with Gasteiger partial charge in [0.2, 0.25) is 5.91 Å². The van der Waals surface area contributed by atoms with Crippen LogP contribution in [-0.4, -0.2) is 193 Å². The van der Waals surface area contributed by atoms with Gasteiger partial charge < -0.3 is 89.9 Å². The first-order chi connectivity index (χ1) is 51.8. The SMILES string of the molecule is CC/C=C\C/C=C\C/C=C\C/C=C\C/C=C\C/C=C\C/C=C\C/C=C\C/C=C\C/C=C\CCCCCCCCCCCCC(=O)NC(COC1OC(CO)C(OC2OC(CO)C(OC3OC(CO)C(O)C(O)C3O)C(O)C2O)C(O)C1O)C(O)CCCCCCCCCCCCCCCCCCCCCC. The fourth-order valence-corrected chi connectivity index (χ4v) is 13.4. The van der Waals surface area contributed by atoms with Crippen molar-refractivity contribution in [3.8, 4) is 0 Å². The lowest BCUT2D eigenvalue weighted by atomic mass is 9.96. The molecule has 19 heteroatoms. The van der Waals surface area contributed by atoms with E-state index < -0.39 is 124 Å². The number of nitrogens with one attached hydrogen (secondary N) is 1. The van der Waals surface area contributed by atoms with Crippen molar-refractivity contribution in [1.82, 2.24) is 5.32 Å². The number of carbonyl (C=O) groups is 1. The first kappa shape index (κ1) is 96.4. The lowest BCUT2D eigenvalue weighted by molar-refractivity contribution is -0.379. The molecule has 610 valence electrons. The van der Waals surface area contributed by atoms with E-state index in [1.54, 1.807) is 0 Å². The van der Waals surface area contributed by atoms with Gasteiger partial charge in [0.05, 0.1) is 38.6 Å². The van der Waals surface area contributed by atoms with Crippen molar-refractivity contribution in [3.05, 3.63) is 122 Å². The van der Waals surface area contributed by atoms with Gasteiger partial charge in [-0.25, -0.2) is 0 Å². The predicted octanol–water partition coefficient (Wildman–Crippen LogP) is 14.7. The highest BCUT2D eigenvalue weighted by Crippen LogP contribution is 2.33. The average molecular weight is 1500 g/mol. The predicted molar refractivity (Wildman–Crippen MR) is 424 cm³/mol. The second-order valence-corrected chi connectivity index (χ2v) is 29.2. The molecule has 3 aliphatic rings. The summed E-state index contributed by atoms with van der Waals surface area (Å²) in [6.07, 6.45) is 65.6. The minimum atomic E-state index is -1.98. The summed E-state index contributed by atoms with van der Waals surface area (Å²) < 4.78 is 34.5. The van der Waals surface area contributed by atoms with Crippen LogP contribution in [0, 0.1) is 0 Å². The third-order valence-corrected chi connectivity index (χ3v) is 20.1. The molecule has 0 saturated carbocycles. The van der Waals surface area contributed by atoms with Crippen LogP contribution in [0.5, 0.6) is 0 Å². The number of hydrogen-bond donors (Lipinski definition) is 12. The third kappa shape index (κ3) is 44.9. The van der Waals surface area contributed by atoms with Gasteiger partial charge in [-0.1, -0.05) is 315 Å². The minimum absolute atomic E-state index is 0.249. The van der Waals surface area contributed by atoms with Crippen LogP contribution < -0.4 is 5.32 Å². The highest BCUT2D eigenvalue weighted by Gasteiger charge is 2.54. The summed E-state index contributed by atoms with van der Waals surface area (Å²) >= 11 is 0. The zero-order valence-electron chi connectivity index (χ0n) is 65.4. The molecule has 3 heterocycles. The number of ether oxygens (including phenoxy) is 6. The molecule has 0 aromatic rings. The summed E-state index contributed by atoms with van der Waals surface area (Å²) in [6, 6.07) is -0.898. The van der Waals surface area contributed by atoms with E-state index in [4.69, 9.17) is 28.4 Å². The molecular weight excluding hydrogens is 1350 g/mol. The molecule has 0 spiro atoms. The molecule has 3 aliphatic heterocycles. The molecule has 0 radical (unpaired) electrons. The lowest BCUT2D eigenvalue weighted by Gasteiger charge is -2.48. The summed E-state index contributed by atoms with van der Waals surface area (Å²) in [4.78, 5) is 13.5. The quantitative estimate of drug-likeness (QED) is 0.0199. The molecule has 3 saturated heterocycles. The minimum Gasteiger partial charge on any atom is -0.394 e. The highest BCUT2D eigenvalue weighted by atomic mass is 16.8. The number of carbonyl (C=O) groups excluding carboxylic acids is 1. The lowest BCUT2D eigenvalue weighted by Crippen LogP contribution is -2.66. The van der Waals surface area contributed by atoms with Crippen molar-refractivity contribution in [2.75, 3.05) is 26.4 Å². The summed E-state index contributed by atoms with van der Waals surface area (Å²) in [5.41, 5.74) is 0.